The molecule has 1 fully saturated rings. The van der Waals surface area contributed by atoms with Crippen LogP contribution in [0.5, 0.6) is 5.75 Å². The lowest BCUT2D eigenvalue weighted by molar-refractivity contribution is -0.192. The van der Waals surface area contributed by atoms with E-state index in [-0.39, 0.29) is 24.4 Å². The first-order chi connectivity index (χ1) is 19.4. The number of carboxylic acids is 1. The summed E-state index contributed by atoms with van der Waals surface area (Å²) < 4.78 is 96.6. The molecule has 226 valence electrons. The van der Waals surface area contributed by atoms with Crippen LogP contribution in [0.25, 0.3) is 11.3 Å². The lowest BCUT2D eigenvalue weighted by Gasteiger charge is -2.18. The van der Waals surface area contributed by atoms with E-state index in [0.717, 1.165) is 0 Å². The van der Waals surface area contributed by atoms with Gasteiger partial charge in [-0.2, -0.15) is 26.3 Å². The highest BCUT2D eigenvalue weighted by atomic mass is 32.2. The van der Waals surface area contributed by atoms with Crippen LogP contribution >= 0.6 is 0 Å². The predicted molar refractivity (Wildman–Crippen MR) is 131 cm³/mol. The summed E-state index contributed by atoms with van der Waals surface area (Å²) in [5.74, 6) is -5.40. The Bertz CT molecular complexity index is 1550. The fourth-order valence-electron chi connectivity index (χ4n) is 3.71. The molecular weight excluding hydrogens is 602 g/mol. The van der Waals surface area contributed by atoms with Gasteiger partial charge in [0, 0.05) is 0 Å². The molecular formula is C24H20F6N4O7S. The van der Waals surface area contributed by atoms with E-state index in [4.69, 9.17) is 9.90 Å². The van der Waals surface area contributed by atoms with Crippen LogP contribution < -0.4 is 10.0 Å². The molecule has 42 heavy (non-hydrogen) atoms. The number of amides is 2. The highest BCUT2D eigenvalue weighted by Gasteiger charge is 2.41. The predicted octanol–water partition coefficient (Wildman–Crippen LogP) is 3.27. The molecule has 18 heteroatoms. The van der Waals surface area contributed by atoms with Crippen LogP contribution in [0.1, 0.15) is 34.7 Å². The molecule has 2 atom stereocenters. The van der Waals surface area contributed by atoms with Gasteiger partial charge in [-0.15, -0.1) is 0 Å². The summed E-state index contributed by atoms with van der Waals surface area (Å²) in [6.45, 7) is 0. The smallest absolute Gasteiger partial charge is 0.490 e. The van der Waals surface area contributed by atoms with E-state index >= 15 is 0 Å². The Labute approximate surface area is 232 Å². The summed E-state index contributed by atoms with van der Waals surface area (Å²) in [5.41, 5.74) is 1.94. The number of phenols is 1. The zero-order valence-electron chi connectivity index (χ0n) is 20.8. The molecule has 4 rings (SSSR count). The summed E-state index contributed by atoms with van der Waals surface area (Å²) >= 11 is 0. The van der Waals surface area contributed by atoms with Gasteiger partial charge in [0.1, 0.15) is 16.8 Å². The molecule has 0 radical (unpaired) electrons. The van der Waals surface area contributed by atoms with Crippen molar-refractivity contribution in [2.45, 2.75) is 36.5 Å². The largest absolute Gasteiger partial charge is 0.508 e. The Morgan fingerprint density at radius 2 is 1.57 bits per heavy atom. The maximum atomic E-state index is 12.9. The third-order valence-corrected chi connectivity index (χ3v) is 7.40. The van der Waals surface area contributed by atoms with Crippen molar-refractivity contribution in [1.82, 2.24) is 20.0 Å². The van der Waals surface area contributed by atoms with Gasteiger partial charge in [-0.1, -0.05) is 24.3 Å². The molecule has 1 saturated heterocycles. The average Bonchev–Trinajstić information content (AvgIpc) is 3.47. The number of carbonyl (C=O) groups excluding carboxylic acids is 2. The molecule has 0 spiro atoms. The molecule has 2 amide bonds. The third-order valence-electron chi connectivity index (χ3n) is 5.70. The summed E-state index contributed by atoms with van der Waals surface area (Å²) in [5, 5.41) is 17.4. The van der Waals surface area contributed by atoms with Gasteiger partial charge < -0.3 is 20.5 Å². The number of hydrogen-bond acceptors (Lipinski definition) is 7. The van der Waals surface area contributed by atoms with Gasteiger partial charge in [0.2, 0.25) is 15.9 Å². The number of alkyl halides is 6. The second-order valence-corrected chi connectivity index (χ2v) is 10.6. The van der Waals surface area contributed by atoms with Crippen molar-refractivity contribution in [2.24, 2.45) is 0 Å². The van der Waals surface area contributed by atoms with E-state index < -0.39 is 51.5 Å². The number of halogens is 6. The highest BCUT2D eigenvalue weighted by Crippen LogP contribution is 2.31. The maximum Gasteiger partial charge on any atom is 0.490 e. The number of aromatic hydroxyl groups is 1. The molecule has 0 aliphatic carbocycles. The number of carbonyl (C=O) groups is 3. The van der Waals surface area contributed by atoms with Crippen LogP contribution in [-0.4, -0.2) is 58.7 Å². The number of rotatable bonds is 6. The number of carboxylic acid groups (broad SMARTS) is 1. The molecule has 2 aromatic carbocycles. The summed E-state index contributed by atoms with van der Waals surface area (Å²) in [6, 6.07) is 10.9. The zero-order chi connectivity index (χ0) is 31.5. The zero-order valence-corrected chi connectivity index (χ0v) is 21.6. The van der Waals surface area contributed by atoms with Crippen molar-refractivity contribution in [3.05, 3.63) is 71.7 Å². The normalized spacial score (nSPS) is 17.0. The summed E-state index contributed by atoms with van der Waals surface area (Å²) in [4.78, 5) is 39.1. The van der Waals surface area contributed by atoms with Crippen LogP contribution in [0.2, 0.25) is 0 Å². The summed E-state index contributed by atoms with van der Waals surface area (Å²) in [6.07, 6.45) is -9.10. The van der Waals surface area contributed by atoms with Crippen molar-refractivity contribution in [3.63, 3.8) is 0 Å². The van der Waals surface area contributed by atoms with Gasteiger partial charge in [-0.25, -0.2) is 18.2 Å². The van der Waals surface area contributed by atoms with E-state index in [0.29, 0.717) is 22.4 Å². The Kier molecular flexibility index (Phi) is 9.19. The molecule has 1 aromatic heterocycles. The number of nitrogens with one attached hydrogen (secondary N) is 3. The topological polar surface area (TPSA) is 179 Å². The molecule has 2 heterocycles. The number of aromatic nitrogens is 2. The van der Waals surface area contributed by atoms with Gasteiger partial charge in [-0.05, 0) is 47.4 Å². The standard InChI is InChI=1S/C22H19F3N4O5S.C2HF3O2/c23-22(24,25)21(32)28-16(20-26-11-17(27-20)13-5-7-15(30)8-6-13)9-12-1-3-14(4-2-12)18-10-19(31)29-35(18,33)34;3-2(4,5)1(6)7/h1-8,11,16,18,30H,9-10H2,(H,26,27)(H,28,32)(H,29,31);(H,6,7). The molecule has 11 nitrogen and oxygen atoms in total. The highest BCUT2D eigenvalue weighted by molar-refractivity contribution is 7.90. The Morgan fingerprint density at radius 1 is 1.00 bits per heavy atom. The minimum absolute atomic E-state index is 0.0396. The van der Waals surface area contributed by atoms with E-state index in [1.54, 1.807) is 12.1 Å². The van der Waals surface area contributed by atoms with Crippen LogP contribution in [0, 0.1) is 0 Å². The van der Waals surface area contributed by atoms with Crippen molar-refractivity contribution in [3.8, 4) is 17.0 Å². The molecule has 5 N–H and O–H groups in total. The number of phenolic OH excluding ortho intramolecular Hbond substituents is 1. The van der Waals surface area contributed by atoms with Gasteiger partial charge >= 0.3 is 24.2 Å². The Hall–Kier alpha value is -4.61. The van der Waals surface area contributed by atoms with E-state index in [1.807, 2.05) is 10.0 Å². The monoisotopic (exact) mass is 622 g/mol. The Balaban J connectivity index is 0.000000616. The number of H-pyrrole nitrogens is 1. The first-order valence-corrected chi connectivity index (χ1v) is 13.1. The minimum Gasteiger partial charge on any atom is -0.508 e. The second kappa shape index (κ2) is 12.1. The van der Waals surface area contributed by atoms with Gasteiger partial charge in [0.25, 0.3) is 0 Å². The van der Waals surface area contributed by atoms with Crippen LogP contribution in [-0.2, 0) is 30.8 Å². The number of sulfonamides is 1. The Morgan fingerprint density at radius 3 is 2.05 bits per heavy atom. The molecule has 0 saturated carbocycles. The molecule has 0 bridgehead atoms. The van der Waals surface area contributed by atoms with Crippen LogP contribution in [0.3, 0.4) is 0 Å². The SMILES string of the molecule is O=C(O)C(F)(F)F.O=C1CC(c2ccc(CC(NC(=O)C(F)(F)F)c3ncc(-c4ccc(O)cc4)[nH]3)cc2)S(=O)(=O)N1. The number of hydrogen-bond donors (Lipinski definition) is 5. The second-order valence-electron chi connectivity index (χ2n) is 8.76. The van der Waals surface area contributed by atoms with Crippen LogP contribution in [0.15, 0.2) is 54.7 Å². The molecule has 2 unspecified atom stereocenters. The lowest BCUT2D eigenvalue weighted by atomic mass is 10.0. The van der Waals surface area contributed by atoms with Gasteiger partial charge in [0.15, 0.2) is 0 Å². The number of aromatic amines is 1. The maximum absolute atomic E-state index is 12.9. The molecule has 1 aliphatic rings. The van der Waals surface area contributed by atoms with E-state index in [9.17, 15) is 49.5 Å². The van der Waals surface area contributed by atoms with Crippen molar-refractivity contribution >= 4 is 27.8 Å². The van der Waals surface area contributed by atoms with Gasteiger partial charge in [-0.3, -0.25) is 14.3 Å². The van der Waals surface area contributed by atoms with Crippen molar-refractivity contribution in [2.75, 3.05) is 0 Å². The fourth-order valence-corrected chi connectivity index (χ4v) is 5.14. The fraction of sp³-hybridized carbons (Fsp3) is 0.250. The van der Waals surface area contributed by atoms with Gasteiger partial charge in [0.05, 0.1) is 24.4 Å². The number of aliphatic carboxylic acids is 1. The lowest BCUT2D eigenvalue weighted by Crippen LogP contribution is -2.40. The number of benzene rings is 2. The third kappa shape index (κ3) is 8.21. The quantitative estimate of drug-likeness (QED) is 0.260. The van der Waals surface area contributed by atoms with E-state index in [1.165, 1.54) is 42.6 Å². The number of imidazole rings is 1. The molecule has 3 aromatic rings. The summed E-state index contributed by atoms with van der Waals surface area (Å²) in [7, 11) is -3.84. The number of nitrogens with zero attached hydrogens (tertiary/aromatic N) is 1. The molecule has 1 aliphatic heterocycles. The first-order valence-electron chi connectivity index (χ1n) is 11.5. The average molecular weight is 623 g/mol. The first kappa shape index (κ1) is 31.9. The minimum atomic E-state index is -5.11. The van der Waals surface area contributed by atoms with Crippen LogP contribution in [0.4, 0.5) is 26.3 Å². The van der Waals surface area contributed by atoms with E-state index in [2.05, 4.69) is 9.97 Å². The van der Waals surface area contributed by atoms with Crippen molar-refractivity contribution < 1.29 is 59.4 Å². The van der Waals surface area contributed by atoms with Crippen molar-refractivity contribution in [1.29, 1.82) is 0 Å².